The van der Waals surface area contributed by atoms with Crippen molar-refractivity contribution in [3.8, 4) is 5.75 Å². The van der Waals surface area contributed by atoms with E-state index in [1.54, 1.807) is 0 Å². The second-order valence-corrected chi connectivity index (χ2v) is 13.7. The van der Waals surface area contributed by atoms with Crippen LogP contribution in [0.4, 0.5) is 0 Å². The zero-order valence-corrected chi connectivity index (χ0v) is 25.2. The Labute approximate surface area is 246 Å². The predicted molar refractivity (Wildman–Crippen MR) is 178 cm³/mol. The molecule has 5 aromatic carbocycles. The van der Waals surface area contributed by atoms with Gasteiger partial charge in [-0.3, -0.25) is 0 Å². The molecular formula is C36H40BO3P. The van der Waals surface area contributed by atoms with Gasteiger partial charge < -0.3 is 14.7 Å². The van der Waals surface area contributed by atoms with E-state index in [4.69, 9.17) is 14.7 Å². The second kappa shape index (κ2) is 14.8. The number of hydrogen-bond donors (Lipinski definition) is 2. The van der Waals surface area contributed by atoms with Gasteiger partial charge in [-0.1, -0.05) is 26.8 Å². The van der Waals surface area contributed by atoms with Crippen LogP contribution >= 0.6 is 7.26 Å². The summed E-state index contributed by atoms with van der Waals surface area (Å²) in [5, 5.41) is 23.4. The van der Waals surface area contributed by atoms with Gasteiger partial charge in [-0.15, -0.1) is 0 Å². The maximum absolute atomic E-state index is 8.85. The molecule has 2 N–H and O–H groups in total. The van der Waals surface area contributed by atoms with Crippen LogP contribution in [0.2, 0.25) is 0 Å². The number of aryl methyl sites for hydroxylation is 1. The molecule has 0 amide bonds. The quantitative estimate of drug-likeness (QED) is 0.178. The van der Waals surface area contributed by atoms with E-state index >= 15 is 0 Å². The van der Waals surface area contributed by atoms with Gasteiger partial charge in [0.15, 0.2) is 0 Å². The zero-order chi connectivity index (χ0) is 29.1. The summed E-state index contributed by atoms with van der Waals surface area (Å²) in [4.78, 5) is 0. The summed E-state index contributed by atoms with van der Waals surface area (Å²) in [6.07, 6.45) is 2.75. The van der Waals surface area contributed by atoms with Gasteiger partial charge in [0.1, 0.15) is 5.75 Å². The molecule has 3 nitrogen and oxygen atoms in total. The van der Waals surface area contributed by atoms with Gasteiger partial charge in [-0.25, -0.2) is 0 Å². The summed E-state index contributed by atoms with van der Waals surface area (Å²) in [7, 11) is -4.05. The monoisotopic (exact) mass is 562 g/mol. The molecule has 0 aliphatic rings. The van der Waals surface area contributed by atoms with E-state index in [9.17, 15) is 0 Å². The van der Waals surface area contributed by atoms with Crippen LogP contribution in [0.1, 0.15) is 37.5 Å². The Bertz CT molecular complexity index is 1310. The van der Waals surface area contributed by atoms with Crippen molar-refractivity contribution in [2.45, 2.75) is 40.0 Å². The fourth-order valence-electron chi connectivity index (χ4n) is 5.86. The van der Waals surface area contributed by atoms with Crippen molar-refractivity contribution >= 4 is 35.8 Å². The van der Waals surface area contributed by atoms with E-state index in [2.05, 4.69) is 135 Å². The molecule has 0 aliphatic heterocycles. The molecule has 41 heavy (non-hydrogen) atoms. The first-order chi connectivity index (χ1) is 20.1. The summed E-state index contributed by atoms with van der Waals surface area (Å²) >= 11 is 0. The van der Waals surface area contributed by atoms with Crippen molar-refractivity contribution < 1.29 is 14.7 Å². The summed E-state index contributed by atoms with van der Waals surface area (Å²) in [6.45, 7) is 6.27. The summed E-state index contributed by atoms with van der Waals surface area (Å²) < 4.78 is 4.99. The van der Waals surface area contributed by atoms with Crippen LogP contribution in [0.25, 0.3) is 0 Å². The standard InChI is InChI=1S/C24H21P.C12H19BO3/c1-5-13-21(14-6-1)25(22-15-7-2-8-16-22,23-17-9-3-10-18-23)24-19-11-4-12-20-24;1-4-9-7-8-12(16-13(14)15)11(6-3)10(9)5-2/h1-20,25H;7-8,14-15H,4-6H2,1-3H3. The van der Waals surface area contributed by atoms with Crippen LogP contribution in [-0.4, -0.2) is 17.4 Å². The summed E-state index contributed by atoms with van der Waals surface area (Å²) in [6, 6.07) is 47.8. The molecule has 0 radical (unpaired) electrons. The van der Waals surface area contributed by atoms with E-state index in [0.717, 1.165) is 24.8 Å². The summed E-state index contributed by atoms with van der Waals surface area (Å²) in [5.74, 6) is 0.576. The molecule has 0 atom stereocenters. The van der Waals surface area contributed by atoms with Gasteiger partial charge in [-0.05, 0) is 42.0 Å². The van der Waals surface area contributed by atoms with Crippen molar-refractivity contribution in [1.29, 1.82) is 0 Å². The third-order valence-corrected chi connectivity index (χ3v) is 12.4. The molecule has 0 saturated heterocycles. The van der Waals surface area contributed by atoms with Crippen molar-refractivity contribution in [3.63, 3.8) is 0 Å². The predicted octanol–water partition coefficient (Wildman–Crippen LogP) is 5.76. The number of benzene rings is 5. The molecule has 0 spiro atoms. The third-order valence-electron chi connectivity index (χ3n) is 7.63. The fourth-order valence-corrected chi connectivity index (χ4v) is 10.6. The molecule has 0 heterocycles. The average molecular weight is 562 g/mol. The Morgan fingerprint density at radius 1 is 0.488 bits per heavy atom. The Hall–Kier alpha value is -3.69. The van der Waals surface area contributed by atoms with E-state index < -0.39 is 14.6 Å². The van der Waals surface area contributed by atoms with Crippen LogP contribution in [-0.2, 0) is 19.3 Å². The van der Waals surface area contributed by atoms with Crippen molar-refractivity contribution in [2.24, 2.45) is 0 Å². The Morgan fingerprint density at radius 2 is 0.854 bits per heavy atom. The van der Waals surface area contributed by atoms with Gasteiger partial charge in [0.05, 0.1) is 0 Å². The van der Waals surface area contributed by atoms with Gasteiger partial charge in [0.25, 0.3) is 0 Å². The van der Waals surface area contributed by atoms with Crippen LogP contribution in [0, 0.1) is 0 Å². The van der Waals surface area contributed by atoms with Crippen LogP contribution in [0.3, 0.4) is 0 Å². The minimum absolute atomic E-state index is 0.576. The normalized spacial score (nSPS) is 11.2. The molecule has 0 bridgehead atoms. The van der Waals surface area contributed by atoms with Gasteiger partial charge in [0, 0.05) is 0 Å². The fraction of sp³-hybridized carbons (Fsp3) is 0.167. The molecule has 0 saturated carbocycles. The first-order valence-corrected chi connectivity index (χ1v) is 16.4. The Kier molecular flexibility index (Phi) is 10.9. The first kappa shape index (κ1) is 30.3. The van der Waals surface area contributed by atoms with E-state index in [1.165, 1.54) is 32.3 Å². The maximum atomic E-state index is 8.85. The van der Waals surface area contributed by atoms with Crippen molar-refractivity contribution in [3.05, 3.63) is 150 Å². The first-order valence-electron chi connectivity index (χ1n) is 14.4. The molecule has 210 valence electrons. The van der Waals surface area contributed by atoms with Crippen molar-refractivity contribution in [1.82, 2.24) is 0 Å². The molecule has 0 aliphatic carbocycles. The number of rotatable bonds is 9. The van der Waals surface area contributed by atoms with E-state index in [0.29, 0.717) is 5.75 Å². The van der Waals surface area contributed by atoms with Crippen molar-refractivity contribution in [2.75, 3.05) is 0 Å². The Morgan fingerprint density at radius 3 is 1.15 bits per heavy atom. The van der Waals surface area contributed by atoms with Gasteiger partial charge in [-0.2, -0.15) is 0 Å². The molecule has 5 aromatic rings. The molecule has 5 heteroatoms. The molecule has 0 aromatic heterocycles. The number of hydrogen-bond acceptors (Lipinski definition) is 3. The zero-order valence-electron chi connectivity index (χ0n) is 24.2. The minimum atomic E-state index is -2.30. The SMILES string of the molecule is CCc1ccc(OB(O)O)c(CC)c1CC.c1ccc([PH](c2ccccc2)(c2ccccc2)c2ccccc2)cc1. The van der Waals surface area contributed by atoms with Gasteiger partial charge >= 0.3 is 157 Å². The van der Waals surface area contributed by atoms with E-state index in [1.807, 2.05) is 19.1 Å². The van der Waals surface area contributed by atoms with E-state index in [-0.39, 0.29) is 0 Å². The van der Waals surface area contributed by atoms with Crippen LogP contribution in [0.5, 0.6) is 5.75 Å². The molecule has 5 rings (SSSR count). The molecule has 0 unspecified atom stereocenters. The molecule has 0 fully saturated rings. The second-order valence-electron chi connectivity index (χ2n) is 9.90. The van der Waals surface area contributed by atoms with Crippen LogP contribution in [0.15, 0.2) is 133 Å². The third kappa shape index (κ3) is 6.80. The Balaban J connectivity index is 0.000000210. The average Bonchev–Trinajstić information content (AvgIpc) is 3.03. The topological polar surface area (TPSA) is 49.7 Å². The van der Waals surface area contributed by atoms with Crippen LogP contribution < -0.4 is 25.9 Å². The van der Waals surface area contributed by atoms with Gasteiger partial charge in [0.2, 0.25) is 0 Å². The summed E-state index contributed by atoms with van der Waals surface area (Å²) in [5.41, 5.74) is 3.65. The molecular weight excluding hydrogens is 522 g/mol.